The fraction of sp³-hybridized carbons (Fsp3) is 0.917. The topological polar surface area (TPSA) is 70.6 Å². The highest BCUT2D eigenvalue weighted by Crippen LogP contribution is 2.16. The van der Waals surface area contributed by atoms with E-state index in [4.69, 9.17) is 9.84 Å². The molecule has 0 heterocycles. The minimum absolute atomic E-state index is 0.0512. The average Bonchev–Trinajstić information content (AvgIpc) is 2.35. The fourth-order valence-electron chi connectivity index (χ4n) is 2.03. The molecular formula is C12H24N2O3. The molecule has 1 saturated carbocycles. The lowest BCUT2D eigenvalue weighted by molar-refractivity contribution is 0.0909. The Morgan fingerprint density at radius 3 is 2.71 bits per heavy atom. The number of carbonyl (C=O) groups excluding carboxylic acids is 1. The molecule has 0 aromatic heterocycles. The van der Waals surface area contributed by atoms with E-state index >= 15 is 0 Å². The molecule has 0 bridgehead atoms. The van der Waals surface area contributed by atoms with Crippen LogP contribution in [0.25, 0.3) is 0 Å². The van der Waals surface area contributed by atoms with E-state index in [-0.39, 0.29) is 12.6 Å². The van der Waals surface area contributed by atoms with Crippen LogP contribution in [0.15, 0.2) is 0 Å². The van der Waals surface area contributed by atoms with Crippen LogP contribution in [0.1, 0.15) is 38.5 Å². The number of hydrogen-bond donors (Lipinski definition) is 3. The molecule has 5 nitrogen and oxygen atoms in total. The third-order valence-corrected chi connectivity index (χ3v) is 2.93. The number of amides is 2. The number of urea groups is 1. The van der Waals surface area contributed by atoms with Gasteiger partial charge in [-0.25, -0.2) is 4.79 Å². The molecule has 2 amide bonds. The molecule has 0 aromatic rings. The van der Waals surface area contributed by atoms with Crippen molar-refractivity contribution in [3.05, 3.63) is 0 Å². The summed E-state index contributed by atoms with van der Waals surface area (Å²) in [4.78, 5) is 11.5. The molecule has 0 unspecified atom stereocenters. The molecule has 17 heavy (non-hydrogen) atoms. The van der Waals surface area contributed by atoms with Crippen molar-refractivity contribution in [3.63, 3.8) is 0 Å². The second-order valence-corrected chi connectivity index (χ2v) is 4.42. The second-order valence-electron chi connectivity index (χ2n) is 4.42. The van der Waals surface area contributed by atoms with E-state index in [1.165, 1.54) is 19.3 Å². The van der Waals surface area contributed by atoms with Crippen molar-refractivity contribution in [3.8, 4) is 0 Å². The first-order chi connectivity index (χ1) is 8.33. The molecule has 0 atom stereocenters. The smallest absolute Gasteiger partial charge is 0.315 e. The van der Waals surface area contributed by atoms with Crippen LogP contribution in [0.3, 0.4) is 0 Å². The van der Waals surface area contributed by atoms with E-state index in [9.17, 15) is 4.79 Å². The maximum Gasteiger partial charge on any atom is 0.315 e. The normalized spacial score (nSPS) is 16.8. The van der Waals surface area contributed by atoms with E-state index in [1.807, 2.05) is 0 Å². The Labute approximate surface area is 103 Å². The van der Waals surface area contributed by atoms with E-state index in [0.717, 1.165) is 19.3 Å². The van der Waals surface area contributed by atoms with Gasteiger partial charge in [-0.3, -0.25) is 0 Å². The van der Waals surface area contributed by atoms with Crippen molar-refractivity contribution < 1.29 is 14.6 Å². The highest BCUT2D eigenvalue weighted by molar-refractivity contribution is 5.74. The maximum atomic E-state index is 11.5. The molecule has 0 spiro atoms. The number of ether oxygens (including phenoxy) is 1. The summed E-state index contributed by atoms with van der Waals surface area (Å²) >= 11 is 0. The number of nitrogens with one attached hydrogen (secondary N) is 2. The average molecular weight is 244 g/mol. The second kappa shape index (κ2) is 9.24. The minimum Gasteiger partial charge on any atom is -0.394 e. The van der Waals surface area contributed by atoms with Crippen LogP contribution >= 0.6 is 0 Å². The van der Waals surface area contributed by atoms with E-state index in [2.05, 4.69) is 10.6 Å². The van der Waals surface area contributed by atoms with Gasteiger partial charge in [0, 0.05) is 19.2 Å². The van der Waals surface area contributed by atoms with Crippen molar-refractivity contribution in [2.24, 2.45) is 0 Å². The predicted octanol–water partition coefficient (Wildman–Crippen LogP) is 1.02. The number of hydrogen-bond acceptors (Lipinski definition) is 3. The number of rotatable bonds is 7. The number of carbonyl (C=O) groups is 1. The Hall–Kier alpha value is -0.810. The molecule has 1 fully saturated rings. The molecule has 1 rings (SSSR count). The third-order valence-electron chi connectivity index (χ3n) is 2.93. The molecule has 3 N–H and O–H groups in total. The molecule has 0 aliphatic heterocycles. The molecule has 0 radical (unpaired) electrons. The molecule has 100 valence electrons. The van der Waals surface area contributed by atoms with E-state index in [0.29, 0.717) is 25.8 Å². The largest absolute Gasteiger partial charge is 0.394 e. The van der Waals surface area contributed by atoms with Crippen molar-refractivity contribution in [2.45, 2.75) is 44.6 Å². The van der Waals surface area contributed by atoms with Crippen LogP contribution in [-0.4, -0.2) is 43.5 Å². The van der Waals surface area contributed by atoms with Crippen molar-refractivity contribution >= 4 is 6.03 Å². The number of aliphatic hydroxyl groups excluding tert-OH is 1. The lowest BCUT2D eigenvalue weighted by atomic mass is 9.96. The van der Waals surface area contributed by atoms with Gasteiger partial charge in [0.15, 0.2) is 0 Å². The summed E-state index contributed by atoms with van der Waals surface area (Å²) < 4.78 is 5.09. The summed E-state index contributed by atoms with van der Waals surface area (Å²) in [6, 6.07) is 0.286. The van der Waals surface area contributed by atoms with Crippen LogP contribution < -0.4 is 10.6 Å². The van der Waals surface area contributed by atoms with Crippen molar-refractivity contribution in [1.82, 2.24) is 10.6 Å². The SMILES string of the molecule is O=C(NCCCOCCO)NC1CCCCC1. The Morgan fingerprint density at radius 1 is 1.24 bits per heavy atom. The van der Waals surface area contributed by atoms with Gasteiger partial charge in [0.1, 0.15) is 0 Å². The Balaban J connectivity index is 1.93. The summed E-state index contributed by atoms with van der Waals surface area (Å²) in [5.74, 6) is 0. The Morgan fingerprint density at radius 2 is 2.00 bits per heavy atom. The number of aliphatic hydroxyl groups is 1. The Bertz CT molecular complexity index is 206. The van der Waals surface area contributed by atoms with Gasteiger partial charge in [0.05, 0.1) is 13.2 Å². The van der Waals surface area contributed by atoms with Gasteiger partial charge >= 0.3 is 6.03 Å². The first-order valence-corrected chi connectivity index (χ1v) is 6.56. The van der Waals surface area contributed by atoms with Crippen LogP contribution in [-0.2, 0) is 4.74 Å². The van der Waals surface area contributed by atoms with Crippen LogP contribution in [0.5, 0.6) is 0 Å². The summed E-state index contributed by atoms with van der Waals surface area (Å²) in [5, 5.41) is 14.3. The van der Waals surface area contributed by atoms with Gasteiger partial charge in [-0.2, -0.15) is 0 Å². The molecule has 5 heteroatoms. The molecule has 0 aromatic carbocycles. The van der Waals surface area contributed by atoms with Gasteiger partial charge < -0.3 is 20.5 Å². The first kappa shape index (κ1) is 14.3. The van der Waals surface area contributed by atoms with Gasteiger partial charge in [0.2, 0.25) is 0 Å². The summed E-state index contributed by atoms with van der Waals surface area (Å²) in [5.41, 5.74) is 0. The highest BCUT2D eigenvalue weighted by atomic mass is 16.5. The third kappa shape index (κ3) is 7.18. The molecule has 1 aliphatic carbocycles. The van der Waals surface area contributed by atoms with Crippen molar-refractivity contribution in [1.29, 1.82) is 0 Å². The zero-order valence-electron chi connectivity index (χ0n) is 10.4. The van der Waals surface area contributed by atoms with Gasteiger partial charge in [-0.05, 0) is 19.3 Å². The molecular weight excluding hydrogens is 220 g/mol. The quantitative estimate of drug-likeness (QED) is 0.585. The van der Waals surface area contributed by atoms with Gasteiger partial charge in [0.25, 0.3) is 0 Å². The predicted molar refractivity (Wildman–Crippen MR) is 65.9 cm³/mol. The van der Waals surface area contributed by atoms with E-state index in [1.54, 1.807) is 0 Å². The van der Waals surface area contributed by atoms with E-state index < -0.39 is 0 Å². The standard InChI is InChI=1S/C12H24N2O3/c15-8-10-17-9-4-7-13-12(16)14-11-5-2-1-3-6-11/h11,15H,1-10H2,(H2,13,14,16). The summed E-state index contributed by atoms with van der Waals surface area (Å²) in [6.07, 6.45) is 6.72. The van der Waals surface area contributed by atoms with Gasteiger partial charge in [-0.1, -0.05) is 19.3 Å². The van der Waals surface area contributed by atoms with Crippen LogP contribution in [0.2, 0.25) is 0 Å². The van der Waals surface area contributed by atoms with Gasteiger partial charge in [-0.15, -0.1) is 0 Å². The van der Waals surface area contributed by atoms with Crippen LogP contribution in [0, 0.1) is 0 Å². The molecule has 1 aliphatic rings. The molecule has 0 saturated heterocycles. The van der Waals surface area contributed by atoms with Crippen LogP contribution in [0.4, 0.5) is 4.79 Å². The zero-order chi connectivity index (χ0) is 12.3. The monoisotopic (exact) mass is 244 g/mol. The minimum atomic E-state index is -0.0703. The lowest BCUT2D eigenvalue weighted by Gasteiger charge is -2.22. The first-order valence-electron chi connectivity index (χ1n) is 6.56. The zero-order valence-corrected chi connectivity index (χ0v) is 10.4. The highest BCUT2D eigenvalue weighted by Gasteiger charge is 2.14. The summed E-state index contributed by atoms with van der Waals surface area (Å²) in [6.45, 7) is 1.61. The fourth-order valence-corrected chi connectivity index (χ4v) is 2.03. The summed E-state index contributed by atoms with van der Waals surface area (Å²) in [7, 11) is 0. The Kier molecular flexibility index (Phi) is 7.75. The lowest BCUT2D eigenvalue weighted by Crippen LogP contribution is -2.43. The maximum absolute atomic E-state index is 11.5. The van der Waals surface area contributed by atoms with Crippen molar-refractivity contribution in [2.75, 3.05) is 26.4 Å².